The van der Waals surface area contributed by atoms with E-state index in [1.54, 1.807) is 0 Å². The van der Waals surface area contributed by atoms with Gasteiger partial charge < -0.3 is 0 Å². The molecule has 0 aliphatic rings. The number of benzene rings is 10. The molecule has 0 radical (unpaired) electrons. The molecule has 10 aromatic rings. The highest BCUT2D eigenvalue weighted by Gasteiger charge is 2.20. The summed E-state index contributed by atoms with van der Waals surface area (Å²) in [6.07, 6.45) is 0. The van der Waals surface area contributed by atoms with E-state index in [2.05, 4.69) is 194 Å². The van der Waals surface area contributed by atoms with Crippen molar-refractivity contribution in [1.82, 2.24) is 0 Å². The highest BCUT2D eigenvalue weighted by atomic mass is 14.2. The summed E-state index contributed by atoms with van der Waals surface area (Å²) in [6.45, 7) is 0. The number of rotatable bonds is 4. The largest absolute Gasteiger partial charge is 0.0622 e. The minimum atomic E-state index is 1.22. The van der Waals surface area contributed by atoms with Crippen LogP contribution in [-0.2, 0) is 0 Å². The van der Waals surface area contributed by atoms with Crippen molar-refractivity contribution in [3.63, 3.8) is 0 Å². The first-order valence-electron chi connectivity index (χ1n) is 17.3. The third-order valence-electron chi connectivity index (χ3n) is 10.4. The maximum Gasteiger partial charge on any atom is -0.00197 e. The van der Waals surface area contributed by atoms with E-state index in [4.69, 9.17) is 0 Å². The van der Waals surface area contributed by atoms with E-state index >= 15 is 0 Å². The Morgan fingerprint density at radius 1 is 0.200 bits per heavy atom. The summed E-state index contributed by atoms with van der Waals surface area (Å²) >= 11 is 0. The quantitative estimate of drug-likeness (QED) is 0.134. The van der Waals surface area contributed by atoms with E-state index in [1.807, 2.05) is 0 Å². The second-order valence-corrected chi connectivity index (χ2v) is 13.3. The normalized spacial score (nSPS) is 11.6. The third kappa shape index (κ3) is 4.61. The molecule has 0 aromatic heterocycles. The average molecular weight is 633 g/mol. The van der Waals surface area contributed by atoms with Gasteiger partial charge in [0.1, 0.15) is 0 Å². The summed E-state index contributed by atoms with van der Waals surface area (Å²) in [5, 5.41) is 12.6. The molecule has 50 heavy (non-hydrogen) atoms. The molecule has 0 amide bonds. The lowest BCUT2D eigenvalue weighted by molar-refractivity contribution is 1.61. The van der Waals surface area contributed by atoms with Gasteiger partial charge in [-0.15, -0.1) is 0 Å². The Morgan fingerprint density at radius 2 is 0.740 bits per heavy atom. The van der Waals surface area contributed by atoms with Crippen molar-refractivity contribution < 1.29 is 0 Å². The minimum Gasteiger partial charge on any atom is -0.0622 e. The van der Waals surface area contributed by atoms with Crippen LogP contribution in [0.5, 0.6) is 0 Å². The summed E-state index contributed by atoms with van der Waals surface area (Å²) in [4.78, 5) is 0. The van der Waals surface area contributed by atoms with Gasteiger partial charge in [-0.2, -0.15) is 0 Å². The van der Waals surface area contributed by atoms with Gasteiger partial charge in [-0.1, -0.05) is 170 Å². The van der Waals surface area contributed by atoms with Crippen molar-refractivity contribution >= 4 is 53.9 Å². The molecule has 0 spiro atoms. The smallest absolute Gasteiger partial charge is 0.00197 e. The molecule has 0 atom stereocenters. The molecule has 0 fully saturated rings. The van der Waals surface area contributed by atoms with Gasteiger partial charge in [0.25, 0.3) is 0 Å². The molecule has 0 nitrogen and oxygen atoms in total. The number of hydrogen-bond acceptors (Lipinski definition) is 0. The van der Waals surface area contributed by atoms with Crippen molar-refractivity contribution in [2.45, 2.75) is 0 Å². The molecule has 10 rings (SSSR count). The van der Waals surface area contributed by atoms with E-state index in [0.717, 1.165) is 0 Å². The Hall–Kier alpha value is -6.50. The van der Waals surface area contributed by atoms with Gasteiger partial charge in [0, 0.05) is 0 Å². The van der Waals surface area contributed by atoms with Crippen molar-refractivity contribution in [1.29, 1.82) is 0 Å². The lowest BCUT2D eigenvalue weighted by atomic mass is 9.82. The van der Waals surface area contributed by atoms with Gasteiger partial charge >= 0.3 is 0 Å². The van der Waals surface area contributed by atoms with Gasteiger partial charge in [0.2, 0.25) is 0 Å². The maximum atomic E-state index is 2.44. The van der Waals surface area contributed by atoms with Crippen LogP contribution in [0.3, 0.4) is 0 Å². The monoisotopic (exact) mass is 632 g/mol. The van der Waals surface area contributed by atoms with E-state index in [1.165, 1.54) is 98.4 Å². The predicted molar refractivity (Wildman–Crippen MR) is 216 cm³/mol. The zero-order valence-corrected chi connectivity index (χ0v) is 27.5. The van der Waals surface area contributed by atoms with Gasteiger partial charge in [0.15, 0.2) is 0 Å². The molecule has 0 heterocycles. The Kier molecular flexibility index (Phi) is 6.60. The van der Waals surface area contributed by atoms with Gasteiger partial charge in [-0.25, -0.2) is 0 Å². The molecular formula is C50H32. The number of fused-ring (bicyclic) bond motifs is 6. The Labute approximate surface area is 291 Å². The lowest BCUT2D eigenvalue weighted by Gasteiger charge is -2.21. The number of hydrogen-bond donors (Lipinski definition) is 0. The average Bonchev–Trinajstić information content (AvgIpc) is 3.19. The maximum absolute atomic E-state index is 2.44. The predicted octanol–water partition coefficient (Wildman–Crippen LogP) is 14.1. The first-order valence-corrected chi connectivity index (χ1v) is 17.3. The molecule has 0 unspecified atom stereocenters. The molecule has 0 saturated heterocycles. The molecule has 0 N–H and O–H groups in total. The van der Waals surface area contributed by atoms with Crippen LogP contribution >= 0.6 is 0 Å². The zero-order valence-electron chi connectivity index (χ0n) is 27.5. The highest BCUT2D eigenvalue weighted by Crippen LogP contribution is 2.47. The van der Waals surface area contributed by atoms with Gasteiger partial charge in [0.05, 0.1) is 0 Å². The fourth-order valence-electron chi connectivity index (χ4n) is 8.07. The van der Waals surface area contributed by atoms with Crippen LogP contribution in [0.25, 0.3) is 98.4 Å². The first kappa shape index (κ1) is 28.5. The third-order valence-corrected chi connectivity index (χ3v) is 10.4. The second kappa shape index (κ2) is 11.6. The summed E-state index contributed by atoms with van der Waals surface area (Å²) < 4.78 is 0. The van der Waals surface area contributed by atoms with E-state index in [9.17, 15) is 0 Å². The molecule has 232 valence electrons. The summed E-state index contributed by atoms with van der Waals surface area (Å²) in [7, 11) is 0. The molecule has 0 bridgehead atoms. The second-order valence-electron chi connectivity index (χ2n) is 13.3. The Balaban J connectivity index is 1.34. The molecular weight excluding hydrogens is 601 g/mol. The van der Waals surface area contributed by atoms with E-state index in [0.29, 0.717) is 0 Å². The van der Waals surface area contributed by atoms with Crippen molar-refractivity contribution in [3.05, 3.63) is 194 Å². The Morgan fingerprint density at radius 3 is 1.56 bits per heavy atom. The van der Waals surface area contributed by atoms with E-state index in [-0.39, 0.29) is 0 Å². The fraction of sp³-hybridized carbons (Fsp3) is 0. The Bertz CT molecular complexity index is 2910. The van der Waals surface area contributed by atoms with Crippen LogP contribution in [0.4, 0.5) is 0 Å². The summed E-state index contributed by atoms with van der Waals surface area (Å²) in [5.74, 6) is 0. The first-order chi connectivity index (χ1) is 24.8. The van der Waals surface area contributed by atoms with Crippen molar-refractivity contribution in [3.8, 4) is 44.5 Å². The van der Waals surface area contributed by atoms with Gasteiger partial charge in [-0.3, -0.25) is 0 Å². The summed E-state index contributed by atoms with van der Waals surface area (Å²) in [6, 6.07) is 71.4. The summed E-state index contributed by atoms with van der Waals surface area (Å²) in [5.41, 5.74) is 9.92. The topological polar surface area (TPSA) is 0 Å². The van der Waals surface area contributed by atoms with Crippen LogP contribution in [0.2, 0.25) is 0 Å². The van der Waals surface area contributed by atoms with Crippen LogP contribution in [0.15, 0.2) is 194 Å². The lowest BCUT2D eigenvalue weighted by Crippen LogP contribution is -1.93. The molecule has 0 heteroatoms. The zero-order chi connectivity index (χ0) is 33.0. The fourth-order valence-corrected chi connectivity index (χ4v) is 8.07. The van der Waals surface area contributed by atoms with Crippen LogP contribution in [-0.4, -0.2) is 0 Å². The van der Waals surface area contributed by atoms with Gasteiger partial charge in [-0.05, 0) is 123 Å². The highest BCUT2D eigenvalue weighted by molar-refractivity contribution is 6.26. The van der Waals surface area contributed by atoms with Crippen LogP contribution in [0, 0.1) is 0 Å². The minimum absolute atomic E-state index is 1.22. The standard InChI is InChI=1S/C50H32/c1-2-13-33(14-3-1)36-18-12-19-40(30-36)49-44-23-10-11-24-45(44)50(47-32-39-17-6-7-20-41(39)42-21-8-9-22-43(42)47)48-31-38(27-28-46(48)49)37-26-25-34-15-4-5-16-35(34)29-37/h1-32H. The SMILES string of the molecule is c1ccc(-c2cccc(-c3c4ccccc4c(-c4cc5ccccc5c5ccccc45)c4cc(-c5ccc6ccccc6c5)ccc34)c2)cc1. The van der Waals surface area contributed by atoms with Crippen LogP contribution in [0.1, 0.15) is 0 Å². The molecule has 10 aromatic carbocycles. The molecule has 0 aliphatic heterocycles. The van der Waals surface area contributed by atoms with Crippen molar-refractivity contribution in [2.75, 3.05) is 0 Å². The van der Waals surface area contributed by atoms with E-state index < -0.39 is 0 Å². The van der Waals surface area contributed by atoms with Crippen molar-refractivity contribution in [2.24, 2.45) is 0 Å². The molecule has 0 saturated carbocycles. The van der Waals surface area contributed by atoms with Crippen LogP contribution < -0.4 is 0 Å². The molecule has 0 aliphatic carbocycles.